The summed E-state index contributed by atoms with van der Waals surface area (Å²) in [7, 11) is 2.16. The van der Waals surface area contributed by atoms with Crippen LogP contribution in [0.4, 0.5) is 0 Å². The van der Waals surface area contributed by atoms with Crippen LogP contribution in [0.5, 0.6) is 0 Å². The number of amides is 2. The van der Waals surface area contributed by atoms with Crippen molar-refractivity contribution in [2.24, 2.45) is 0 Å². The molecular weight excluding hydrogens is 386 g/mol. The van der Waals surface area contributed by atoms with Crippen molar-refractivity contribution in [3.63, 3.8) is 0 Å². The van der Waals surface area contributed by atoms with E-state index in [9.17, 15) is 14.4 Å². The summed E-state index contributed by atoms with van der Waals surface area (Å²) in [5, 5.41) is 14.2. The highest BCUT2D eigenvalue weighted by Crippen LogP contribution is 2.18. The summed E-state index contributed by atoms with van der Waals surface area (Å²) in [5.41, 5.74) is 0. The van der Waals surface area contributed by atoms with Gasteiger partial charge in [-0.05, 0) is 39.3 Å². The maximum atomic E-state index is 12.3. The molecule has 0 aliphatic carbocycles. The standard InChI is InChI=1S/C20H37N5O4/c1-23-11-13-24(14-12-23)15-17-5-4-10-25(17)16-19(27)22-8-2-6-18(26)21-9-3-7-20(28)29/h17H,2-16H2,1H3,(H,21,26)(H,22,27)(H,28,29)/i4+1,5+1,10+1,11+1,13+1,15+1,17+1,18+1,20+1,21+1,22+1,25+1. The Balaban J connectivity index is 1.55. The summed E-state index contributed by atoms with van der Waals surface area (Å²) in [6, 6.07) is 0.459. The van der Waals surface area contributed by atoms with Gasteiger partial charge in [-0.25, -0.2) is 0 Å². The molecule has 1 atom stereocenters. The number of nitrogens with zero attached hydrogens (tertiary/aromatic N) is 3. The first-order valence-corrected chi connectivity index (χ1v) is 10.8. The molecule has 2 heterocycles. The fraction of sp³-hybridized carbons (Fsp3) is 0.850. The molecule has 0 aromatic carbocycles. The van der Waals surface area contributed by atoms with Gasteiger partial charge in [-0.1, -0.05) is 0 Å². The Hall–Kier alpha value is -1.71. The summed E-state index contributed by atoms with van der Waals surface area (Å²) < 4.78 is 0. The Morgan fingerprint density at radius 3 is 2.28 bits per heavy atom. The maximum absolute atomic E-state index is 12.3. The van der Waals surface area contributed by atoms with Crippen molar-refractivity contribution in [1.82, 2.24) is 25.3 Å². The molecular formula is C20H37N5O4. The second-order valence-corrected chi connectivity index (χ2v) is 8.17. The van der Waals surface area contributed by atoms with Gasteiger partial charge in [0.05, 0.1) is 6.54 Å². The largest absolute Gasteiger partial charge is 0.481 e. The topological polar surface area (TPSA) is 105 Å². The Labute approximate surface area is 173 Å². The molecule has 0 aromatic rings. The van der Waals surface area contributed by atoms with E-state index in [0.29, 0.717) is 44.9 Å². The van der Waals surface area contributed by atoms with Gasteiger partial charge in [0.15, 0.2) is 0 Å². The Morgan fingerprint density at radius 2 is 1.59 bits per heavy atom. The molecule has 0 aromatic heterocycles. The van der Waals surface area contributed by atoms with Gasteiger partial charge in [-0.15, -0.1) is 0 Å². The zero-order valence-electron chi connectivity index (χ0n) is 17.7. The SMILES string of the molecule is CN1CCN([13CH2][13CH]2[13CH2][13CH2][13CH2][15N]2CC(=O)[15NH]CCC[13C](=O)[15NH]CCC[13C](=O)O)[13CH2][13CH2]1. The zero-order valence-corrected chi connectivity index (χ0v) is 17.7. The van der Waals surface area contributed by atoms with Crippen LogP contribution in [-0.4, -0.2) is 110 Å². The number of carbonyl (C=O) groups excluding carboxylic acids is 2. The van der Waals surface area contributed by atoms with E-state index in [1.165, 1.54) is 0 Å². The molecule has 0 saturated carbocycles. The lowest BCUT2D eigenvalue weighted by Crippen LogP contribution is -2.50. The average molecular weight is 423 g/mol. The molecule has 0 bridgehead atoms. The summed E-state index contributed by atoms with van der Waals surface area (Å²) >= 11 is 0. The third kappa shape index (κ3) is 9.56. The smallest absolute Gasteiger partial charge is 0.303 e. The van der Waals surface area contributed by atoms with Crippen LogP contribution in [-0.2, 0) is 14.4 Å². The number of likely N-dealkylation sites (N-methyl/N-ethyl adjacent to an activating group) is 1. The summed E-state index contributed by atoms with van der Waals surface area (Å²) in [6.45, 7) is 7.74. The minimum Gasteiger partial charge on any atom is -0.481 e. The molecule has 0 spiro atoms. The van der Waals surface area contributed by atoms with Gasteiger partial charge in [0.25, 0.3) is 0 Å². The van der Waals surface area contributed by atoms with Crippen LogP contribution < -0.4 is 10.6 Å². The van der Waals surface area contributed by atoms with Crippen molar-refractivity contribution in [3.8, 4) is 0 Å². The van der Waals surface area contributed by atoms with Gasteiger partial charge >= 0.3 is 5.97 Å². The summed E-state index contributed by atoms with van der Waals surface area (Å²) in [5.74, 6) is -0.931. The predicted molar refractivity (Wildman–Crippen MR) is 111 cm³/mol. The Morgan fingerprint density at radius 1 is 0.931 bits per heavy atom. The van der Waals surface area contributed by atoms with E-state index >= 15 is 0 Å². The zero-order chi connectivity index (χ0) is 21.1. The van der Waals surface area contributed by atoms with Crippen LogP contribution in [0.2, 0.25) is 0 Å². The Bertz CT molecular complexity index is 537. The lowest BCUT2D eigenvalue weighted by molar-refractivity contribution is -0.137. The van der Waals surface area contributed by atoms with Crippen LogP contribution >= 0.6 is 0 Å². The molecule has 29 heavy (non-hydrogen) atoms. The molecule has 2 saturated heterocycles. The minimum atomic E-state index is -0.856. The fourth-order valence-electron chi connectivity index (χ4n) is 3.91. The number of nitrogens with one attached hydrogen (secondary N) is 2. The Kier molecular flexibility index (Phi) is 10.4. The number of carboxylic acid groups (broad SMARTS) is 1. The minimum absolute atomic E-state index is 0.0251. The normalized spacial score (nSPS) is 21.2. The molecule has 9 heteroatoms. The monoisotopic (exact) mass is 423 g/mol. The van der Waals surface area contributed by atoms with Crippen molar-refractivity contribution in [2.75, 3.05) is 66.0 Å². The van der Waals surface area contributed by atoms with Crippen LogP contribution in [0.1, 0.15) is 38.5 Å². The van der Waals surface area contributed by atoms with E-state index < -0.39 is 5.97 Å². The number of rotatable bonds is 12. The van der Waals surface area contributed by atoms with Gasteiger partial charge in [0, 0.05) is 64.7 Å². The fourth-order valence-corrected chi connectivity index (χ4v) is 3.91. The first-order chi connectivity index (χ1) is 13.9. The number of hydrogen-bond donors (Lipinski definition) is 3. The molecule has 2 aliphatic rings. The molecule has 2 fully saturated rings. The van der Waals surface area contributed by atoms with Crippen LogP contribution in [0.3, 0.4) is 0 Å². The second-order valence-electron chi connectivity index (χ2n) is 8.17. The van der Waals surface area contributed by atoms with E-state index in [1.54, 1.807) is 0 Å². The lowest BCUT2D eigenvalue weighted by Gasteiger charge is -2.36. The van der Waals surface area contributed by atoms with E-state index in [0.717, 1.165) is 52.1 Å². The molecule has 2 rings (SSSR count). The molecule has 166 valence electrons. The molecule has 2 aliphatic heterocycles. The lowest BCUT2D eigenvalue weighted by atomic mass is 10.4. The van der Waals surface area contributed by atoms with E-state index in [4.69, 9.17) is 5.11 Å². The van der Waals surface area contributed by atoms with Gasteiger partial charge in [-0.2, -0.15) is 0 Å². The average Bonchev–Trinajstić information content (AvgIpc) is 3.10. The van der Waals surface area contributed by atoms with Crippen molar-refractivity contribution in [2.45, 2.75) is 44.6 Å². The highest BCUT2D eigenvalue weighted by molar-refractivity contribution is 5.78. The highest BCUT2D eigenvalue weighted by Gasteiger charge is 2.28. The quantitative estimate of drug-likeness (QED) is 0.222. The van der Waals surface area contributed by atoms with Crippen LogP contribution in [0.15, 0.2) is 0 Å². The molecule has 0 radical (unpaired) electrons. The predicted octanol–water partition coefficient (Wildman–Crippen LogP) is -0.424. The van der Waals surface area contributed by atoms with Gasteiger partial charge in [0.2, 0.25) is 11.8 Å². The number of likely N-dealkylation sites (tertiary alicyclic amines) is 1. The number of carbonyl (C=O) groups is 3. The molecule has 1 unspecified atom stereocenters. The van der Waals surface area contributed by atoms with E-state index in [-0.39, 0.29) is 18.2 Å². The number of hydrogen-bond acceptors (Lipinski definition) is 6. The maximum Gasteiger partial charge on any atom is 0.303 e. The van der Waals surface area contributed by atoms with Crippen molar-refractivity contribution in [3.05, 3.63) is 0 Å². The van der Waals surface area contributed by atoms with Crippen molar-refractivity contribution >= 4 is 17.8 Å². The van der Waals surface area contributed by atoms with E-state index in [2.05, 4.69) is 32.4 Å². The van der Waals surface area contributed by atoms with Crippen molar-refractivity contribution in [1.29, 1.82) is 0 Å². The van der Waals surface area contributed by atoms with Crippen LogP contribution in [0, 0.1) is 0 Å². The second kappa shape index (κ2) is 12.8. The molecule has 3 N–H and O–H groups in total. The van der Waals surface area contributed by atoms with E-state index in [1.807, 2.05) is 0 Å². The highest BCUT2D eigenvalue weighted by atomic mass is 16.5. The first-order valence-electron chi connectivity index (χ1n) is 10.8. The van der Waals surface area contributed by atoms with Crippen molar-refractivity contribution < 1.29 is 19.5 Å². The summed E-state index contributed by atoms with van der Waals surface area (Å²) in [6.07, 6.45) is 3.71. The third-order valence-corrected chi connectivity index (χ3v) is 5.70. The van der Waals surface area contributed by atoms with Gasteiger partial charge in [0.1, 0.15) is 0 Å². The number of carboxylic acids is 1. The first kappa shape index (κ1) is 23.6. The number of piperazine rings is 1. The molecule has 9 nitrogen and oxygen atoms in total. The summed E-state index contributed by atoms with van der Waals surface area (Å²) in [4.78, 5) is 41.5. The number of aliphatic carboxylic acids is 1. The third-order valence-electron chi connectivity index (χ3n) is 5.70. The molecule has 2 amide bonds. The van der Waals surface area contributed by atoms with Crippen LogP contribution in [0.25, 0.3) is 0 Å². The van der Waals surface area contributed by atoms with Gasteiger partial charge < -0.3 is 20.6 Å². The van der Waals surface area contributed by atoms with Gasteiger partial charge in [-0.3, -0.25) is 24.2 Å².